The third-order valence-corrected chi connectivity index (χ3v) is 5.32. The number of hydrogen-bond donors (Lipinski definition) is 0. The summed E-state index contributed by atoms with van der Waals surface area (Å²) in [5, 5.41) is 0.821. The predicted octanol–water partition coefficient (Wildman–Crippen LogP) is 3.63. The number of rotatable bonds is 5. The Bertz CT molecular complexity index is 855. The van der Waals surface area contributed by atoms with Gasteiger partial charge in [-0.05, 0) is 25.3 Å². The fourth-order valence-corrected chi connectivity index (χ4v) is 3.70. The van der Waals surface area contributed by atoms with E-state index in [1.807, 2.05) is 12.1 Å². The first-order valence-electron chi connectivity index (χ1n) is 8.53. The SMILES string of the molecule is CC(C)c1ccc(-c2ncc(CN3C(=O)C(=O)N(C(C)C)C3=O)s2)cc1. The van der Waals surface area contributed by atoms with Crippen LogP contribution in [-0.4, -0.2) is 38.7 Å². The molecule has 2 heterocycles. The second-order valence-electron chi connectivity index (χ2n) is 6.85. The first kappa shape index (κ1) is 18.3. The van der Waals surface area contributed by atoms with Gasteiger partial charge in [0.1, 0.15) is 5.01 Å². The minimum atomic E-state index is -0.778. The van der Waals surface area contributed by atoms with Crippen molar-refractivity contribution >= 4 is 29.2 Å². The molecule has 1 aliphatic rings. The molecule has 6 nitrogen and oxygen atoms in total. The summed E-state index contributed by atoms with van der Waals surface area (Å²) >= 11 is 1.41. The molecular formula is C19H21N3O3S. The average molecular weight is 371 g/mol. The largest absolute Gasteiger partial charge is 0.334 e. The first-order valence-corrected chi connectivity index (χ1v) is 9.35. The average Bonchev–Trinajstić information content (AvgIpc) is 3.14. The van der Waals surface area contributed by atoms with Gasteiger partial charge in [0.05, 0.1) is 6.54 Å². The summed E-state index contributed by atoms with van der Waals surface area (Å²) in [6, 6.07) is 7.29. The van der Waals surface area contributed by atoms with Gasteiger partial charge >= 0.3 is 17.8 Å². The number of imide groups is 2. The standard InChI is InChI=1S/C19H21N3O3S/c1-11(2)13-5-7-14(8-6-13)16-20-9-15(26-16)10-21-17(23)18(24)22(12(3)4)19(21)25/h5-9,11-12H,10H2,1-4H3. The van der Waals surface area contributed by atoms with Gasteiger partial charge in [-0.25, -0.2) is 9.78 Å². The van der Waals surface area contributed by atoms with Gasteiger partial charge in [-0.2, -0.15) is 0 Å². The lowest BCUT2D eigenvalue weighted by molar-refractivity contribution is -0.144. The van der Waals surface area contributed by atoms with Crippen LogP contribution in [0.3, 0.4) is 0 Å². The Balaban J connectivity index is 1.77. The second kappa shape index (κ2) is 6.99. The van der Waals surface area contributed by atoms with Gasteiger partial charge in [-0.3, -0.25) is 19.4 Å². The van der Waals surface area contributed by atoms with Crippen LogP contribution < -0.4 is 0 Å². The zero-order valence-electron chi connectivity index (χ0n) is 15.2. The number of benzene rings is 1. The molecule has 1 aromatic carbocycles. The van der Waals surface area contributed by atoms with Gasteiger partial charge in [-0.15, -0.1) is 11.3 Å². The van der Waals surface area contributed by atoms with E-state index in [1.165, 1.54) is 16.9 Å². The Kier molecular flexibility index (Phi) is 4.91. The molecule has 0 N–H and O–H groups in total. The summed E-state index contributed by atoms with van der Waals surface area (Å²) in [5.74, 6) is -1.08. The molecule has 26 heavy (non-hydrogen) atoms. The van der Waals surface area contributed by atoms with Gasteiger partial charge in [0.25, 0.3) is 0 Å². The van der Waals surface area contributed by atoms with E-state index < -0.39 is 17.8 Å². The van der Waals surface area contributed by atoms with E-state index in [1.54, 1.807) is 20.0 Å². The highest BCUT2D eigenvalue weighted by molar-refractivity contribution is 7.15. The van der Waals surface area contributed by atoms with Crippen LogP contribution in [0.1, 0.15) is 44.1 Å². The monoisotopic (exact) mass is 371 g/mol. The lowest BCUT2D eigenvalue weighted by Gasteiger charge is -2.17. The van der Waals surface area contributed by atoms with Crippen LogP contribution in [0.25, 0.3) is 10.6 Å². The maximum Gasteiger partial charge on any atom is 0.334 e. The highest BCUT2D eigenvalue weighted by atomic mass is 32.1. The van der Waals surface area contributed by atoms with Crippen molar-refractivity contribution in [3.05, 3.63) is 40.9 Å². The highest BCUT2D eigenvalue weighted by Gasteiger charge is 2.45. The molecule has 0 unspecified atom stereocenters. The number of hydrogen-bond acceptors (Lipinski definition) is 5. The van der Waals surface area contributed by atoms with Crippen molar-refractivity contribution in [2.45, 2.75) is 46.2 Å². The molecule has 0 saturated carbocycles. The van der Waals surface area contributed by atoms with Crippen molar-refractivity contribution in [3.8, 4) is 10.6 Å². The zero-order chi connectivity index (χ0) is 19.0. The molecule has 3 rings (SSSR count). The van der Waals surface area contributed by atoms with Crippen LogP contribution in [-0.2, 0) is 16.1 Å². The molecule has 136 valence electrons. The smallest absolute Gasteiger partial charge is 0.263 e. The first-order chi connectivity index (χ1) is 12.3. The van der Waals surface area contributed by atoms with Gasteiger partial charge in [0, 0.05) is 22.7 Å². The molecule has 2 aromatic rings. The van der Waals surface area contributed by atoms with Crippen LogP contribution in [0.2, 0.25) is 0 Å². The van der Waals surface area contributed by atoms with E-state index >= 15 is 0 Å². The van der Waals surface area contributed by atoms with Crippen molar-refractivity contribution in [1.29, 1.82) is 0 Å². The number of thiazole rings is 1. The molecule has 1 aliphatic heterocycles. The number of amides is 4. The molecule has 0 aliphatic carbocycles. The van der Waals surface area contributed by atoms with Crippen molar-refractivity contribution in [2.24, 2.45) is 0 Å². The van der Waals surface area contributed by atoms with E-state index in [9.17, 15) is 14.4 Å². The topological polar surface area (TPSA) is 70.6 Å². The number of nitrogens with zero attached hydrogens (tertiary/aromatic N) is 3. The Labute approximate surface area is 156 Å². The van der Waals surface area contributed by atoms with E-state index in [0.29, 0.717) is 5.92 Å². The van der Waals surface area contributed by atoms with Crippen LogP contribution >= 0.6 is 11.3 Å². The van der Waals surface area contributed by atoms with Crippen molar-refractivity contribution < 1.29 is 14.4 Å². The van der Waals surface area contributed by atoms with Crippen molar-refractivity contribution in [2.75, 3.05) is 0 Å². The van der Waals surface area contributed by atoms with Crippen molar-refractivity contribution in [1.82, 2.24) is 14.8 Å². The maximum absolute atomic E-state index is 12.3. The lowest BCUT2D eigenvalue weighted by Crippen LogP contribution is -2.37. The minimum absolute atomic E-state index is 0.0639. The van der Waals surface area contributed by atoms with Gasteiger partial charge in [0.15, 0.2) is 0 Å². The Hall–Kier alpha value is -2.54. The van der Waals surface area contributed by atoms with Crippen LogP contribution in [0.15, 0.2) is 30.5 Å². The summed E-state index contributed by atoms with van der Waals surface area (Å²) < 4.78 is 0. The molecule has 4 amide bonds. The van der Waals surface area contributed by atoms with Crippen LogP contribution in [0.4, 0.5) is 4.79 Å². The summed E-state index contributed by atoms with van der Waals surface area (Å²) in [5.41, 5.74) is 2.25. The van der Waals surface area contributed by atoms with Gasteiger partial charge < -0.3 is 0 Å². The fraction of sp³-hybridized carbons (Fsp3) is 0.368. The van der Waals surface area contributed by atoms with E-state index in [-0.39, 0.29) is 12.6 Å². The van der Waals surface area contributed by atoms with Gasteiger partial charge in [-0.1, -0.05) is 38.1 Å². The van der Waals surface area contributed by atoms with Crippen LogP contribution in [0, 0.1) is 0 Å². The van der Waals surface area contributed by atoms with E-state index in [0.717, 1.165) is 25.2 Å². The Morgan fingerprint density at radius 2 is 1.65 bits per heavy atom. The zero-order valence-corrected chi connectivity index (χ0v) is 16.0. The van der Waals surface area contributed by atoms with Crippen LogP contribution in [0.5, 0.6) is 0 Å². The van der Waals surface area contributed by atoms with E-state index in [2.05, 4.69) is 31.0 Å². The molecule has 0 radical (unpaired) electrons. The summed E-state index contributed by atoms with van der Waals surface area (Å²) in [6.45, 7) is 7.76. The molecule has 7 heteroatoms. The second-order valence-corrected chi connectivity index (χ2v) is 7.97. The van der Waals surface area contributed by atoms with E-state index in [4.69, 9.17) is 0 Å². The minimum Gasteiger partial charge on any atom is -0.263 e. The number of urea groups is 1. The highest BCUT2D eigenvalue weighted by Crippen LogP contribution is 2.28. The summed E-state index contributed by atoms with van der Waals surface area (Å²) in [4.78, 5) is 43.6. The molecule has 1 saturated heterocycles. The Morgan fingerprint density at radius 1 is 1.00 bits per heavy atom. The number of carbonyl (C=O) groups is 3. The molecule has 1 aromatic heterocycles. The molecule has 0 bridgehead atoms. The summed E-state index contributed by atoms with van der Waals surface area (Å²) in [7, 11) is 0. The quantitative estimate of drug-likeness (QED) is 0.594. The van der Waals surface area contributed by atoms with Crippen molar-refractivity contribution in [3.63, 3.8) is 0 Å². The number of carbonyl (C=O) groups excluding carboxylic acids is 3. The maximum atomic E-state index is 12.3. The predicted molar refractivity (Wildman–Crippen MR) is 99.6 cm³/mol. The lowest BCUT2D eigenvalue weighted by atomic mass is 10.0. The third-order valence-electron chi connectivity index (χ3n) is 4.29. The number of aromatic nitrogens is 1. The molecule has 0 spiro atoms. The molecule has 0 atom stereocenters. The Morgan fingerprint density at radius 3 is 2.19 bits per heavy atom. The van der Waals surface area contributed by atoms with Gasteiger partial charge in [0.2, 0.25) is 0 Å². The molecule has 1 fully saturated rings. The third kappa shape index (κ3) is 3.26. The molecular weight excluding hydrogens is 350 g/mol. The normalized spacial score (nSPS) is 15.1. The fourth-order valence-electron chi connectivity index (χ4n) is 2.80. The summed E-state index contributed by atoms with van der Waals surface area (Å²) in [6.07, 6.45) is 1.65.